The fourth-order valence-corrected chi connectivity index (χ4v) is 5.89. The zero-order chi connectivity index (χ0) is 32.9. The molecule has 6 bridgehead atoms. The number of benzene rings is 3. The van der Waals surface area contributed by atoms with Crippen LogP contribution in [0.2, 0.25) is 0 Å². The molecule has 1 aliphatic rings. The van der Waals surface area contributed by atoms with Gasteiger partial charge in [-0.15, -0.1) is 0 Å². The van der Waals surface area contributed by atoms with E-state index in [4.69, 9.17) is 14.2 Å². The smallest absolute Gasteiger partial charge is 0.126 e. The predicted octanol–water partition coefficient (Wildman–Crippen LogP) is 7.45. The minimum absolute atomic E-state index is 0.0632. The van der Waals surface area contributed by atoms with Gasteiger partial charge < -0.3 is 29.5 Å². The summed E-state index contributed by atoms with van der Waals surface area (Å²) in [5.41, 5.74) is 8.81. The second kappa shape index (κ2) is 14.0. The van der Waals surface area contributed by atoms with E-state index in [0.29, 0.717) is 33.4 Å². The number of aromatic nitrogens is 3. The Bertz CT molecular complexity index is 1730. The maximum atomic E-state index is 11.4. The van der Waals surface area contributed by atoms with Gasteiger partial charge in [0.2, 0.25) is 0 Å². The van der Waals surface area contributed by atoms with Gasteiger partial charge in [-0.3, -0.25) is 15.0 Å². The number of nitrogens with zero attached hydrogens (tertiary/aromatic N) is 3. The summed E-state index contributed by atoms with van der Waals surface area (Å²) in [4.78, 5) is 12.4. The Balaban J connectivity index is 1.32. The van der Waals surface area contributed by atoms with Crippen molar-refractivity contribution in [1.82, 2.24) is 15.0 Å². The Morgan fingerprint density at radius 1 is 0.333 bits per heavy atom. The molecular formula is C39H33N3O6. The molecule has 0 saturated heterocycles. The van der Waals surface area contributed by atoms with Gasteiger partial charge in [0.25, 0.3) is 0 Å². The molecule has 0 fully saturated rings. The fraction of sp³-hybridized carbons (Fsp3) is 0.154. The Morgan fingerprint density at radius 3 is 0.750 bits per heavy atom. The summed E-state index contributed by atoms with van der Waals surface area (Å²) in [6.45, 7) is 0.504. The lowest BCUT2D eigenvalue weighted by molar-refractivity contribution is 0.0932. The van der Waals surface area contributed by atoms with Crippen molar-refractivity contribution in [3.63, 3.8) is 0 Å². The lowest BCUT2D eigenvalue weighted by Gasteiger charge is -2.18. The molecule has 0 atom stereocenters. The van der Waals surface area contributed by atoms with Gasteiger partial charge in [0.1, 0.15) is 17.2 Å². The molecule has 7 rings (SSSR count). The van der Waals surface area contributed by atoms with Crippen molar-refractivity contribution in [2.45, 2.75) is 39.6 Å². The van der Waals surface area contributed by atoms with E-state index in [-0.39, 0.29) is 56.9 Å². The Hall–Kier alpha value is -5.61. The number of fused-ring (bicyclic) bond motifs is 6. The monoisotopic (exact) mass is 639 g/mol. The summed E-state index contributed by atoms with van der Waals surface area (Å²) >= 11 is 0. The highest BCUT2D eigenvalue weighted by molar-refractivity contribution is 5.69. The number of hydrogen-bond acceptors (Lipinski definition) is 9. The first-order valence-electron chi connectivity index (χ1n) is 15.5. The van der Waals surface area contributed by atoms with Gasteiger partial charge in [-0.05, 0) is 106 Å². The summed E-state index contributed by atoms with van der Waals surface area (Å²) in [5.74, 6) is 0.189. The number of pyridine rings is 3. The zero-order valence-corrected chi connectivity index (χ0v) is 26.0. The van der Waals surface area contributed by atoms with Crippen LogP contribution in [0.4, 0.5) is 0 Å². The van der Waals surface area contributed by atoms with E-state index in [1.54, 1.807) is 37.2 Å². The average Bonchev–Trinajstić information content (AvgIpc) is 3.13. The van der Waals surface area contributed by atoms with Crippen LogP contribution < -0.4 is 0 Å². The third kappa shape index (κ3) is 6.74. The highest BCUT2D eigenvalue weighted by Crippen LogP contribution is 2.36. The van der Waals surface area contributed by atoms with Gasteiger partial charge in [0, 0.05) is 70.6 Å². The summed E-state index contributed by atoms with van der Waals surface area (Å²) in [6, 6.07) is 22.7. The number of phenols is 3. The maximum absolute atomic E-state index is 11.4. The third-order valence-corrected chi connectivity index (χ3v) is 8.39. The van der Waals surface area contributed by atoms with Gasteiger partial charge in [-0.2, -0.15) is 0 Å². The number of aromatic hydroxyl groups is 3. The summed E-state index contributed by atoms with van der Waals surface area (Å²) < 4.78 is 18.4. The third-order valence-electron chi connectivity index (χ3n) is 8.39. The number of phenolic OH excluding ortho intramolecular Hbond substituents is 3. The lowest BCUT2D eigenvalue weighted by atomic mass is 9.98. The highest BCUT2D eigenvalue weighted by Gasteiger charge is 2.18. The van der Waals surface area contributed by atoms with Gasteiger partial charge in [0.15, 0.2) is 0 Å². The molecule has 0 amide bonds. The minimum Gasteiger partial charge on any atom is -0.507 e. The maximum Gasteiger partial charge on any atom is 0.126 e. The zero-order valence-electron chi connectivity index (χ0n) is 26.0. The van der Waals surface area contributed by atoms with Crippen molar-refractivity contribution >= 4 is 0 Å². The molecule has 9 nitrogen and oxygen atoms in total. The molecule has 3 aromatic carbocycles. The van der Waals surface area contributed by atoms with Crippen LogP contribution in [0.5, 0.6) is 17.2 Å². The topological polar surface area (TPSA) is 127 Å². The normalized spacial score (nSPS) is 13.8. The largest absolute Gasteiger partial charge is 0.507 e. The van der Waals surface area contributed by atoms with E-state index in [0.717, 1.165) is 33.4 Å². The van der Waals surface area contributed by atoms with Crippen molar-refractivity contribution < 1.29 is 29.5 Å². The molecule has 0 unspecified atom stereocenters. The van der Waals surface area contributed by atoms with E-state index in [1.165, 1.54) is 0 Å². The molecule has 0 aliphatic carbocycles. The molecule has 240 valence electrons. The van der Waals surface area contributed by atoms with Crippen LogP contribution in [-0.2, 0) is 53.9 Å². The van der Waals surface area contributed by atoms with Crippen LogP contribution in [-0.4, -0.2) is 30.3 Å². The van der Waals surface area contributed by atoms with Crippen molar-refractivity contribution in [2.75, 3.05) is 0 Å². The first kappa shape index (κ1) is 31.0. The van der Waals surface area contributed by atoms with Crippen molar-refractivity contribution in [1.29, 1.82) is 0 Å². The standard InChI is InChI=1S/C39H33N3O6/c43-37-31-13-28(25-1-7-40-8-2-25)14-32(37)20-47-22-34-16-30(27-5-11-42-12-6-27)18-36(39(34)45)24-48-23-35-17-29(26-3-9-41-10-4-26)15-33(38(35)44)21-46-19-31/h1-18,43-45H,19-24H2. The highest BCUT2D eigenvalue weighted by atomic mass is 16.5. The van der Waals surface area contributed by atoms with Gasteiger partial charge in [0.05, 0.1) is 39.6 Å². The molecule has 4 heterocycles. The Morgan fingerprint density at radius 2 is 0.542 bits per heavy atom. The second-order valence-corrected chi connectivity index (χ2v) is 11.6. The van der Waals surface area contributed by atoms with Crippen LogP contribution >= 0.6 is 0 Å². The first-order valence-corrected chi connectivity index (χ1v) is 15.5. The van der Waals surface area contributed by atoms with Gasteiger partial charge in [-0.1, -0.05) is 0 Å². The quantitative estimate of drug-likeness (QED) is 0.181. The predicted molar refractivity (Wildman–Crippen MR) is 179 cm³/mol. The van der Waals surface area contributed by atoms with Crippen LogP contribution in [0.25, 0.3) is 33.4 Å². The summed E-state index contributed by atoms with van der Waals surface area (Å²) in [5, 5.41) is 34.2. The molecule has 0 radical (unpaired) electrons. The Kier molecular flexibility index (Phi) is 9.06. The Labute approximate surface area is 277 Å². The van der Waals surface area contributed by atoms with Crippen LogP contribution in [0.1, 0.15) is 33.4 Å². The van der Waals surface area contributed by atoms with Crippen molar-refractivity contribution in [3.05, 3.63) is 143 Å². The number of hydrogen-bond donors (Lipinski definition) is 3. The molecular weight excluding hydrogens is 606 g/mol. The van der Waals surface area contributed by atoms with Crippen LogP contribution in [0, 0.1) is 0 Å². The van der Waals surface area contributed by atoms with E-state index < -0.39 is 0 Å². The SMILES string of the molecule is Oc1c2cc(-c3ccncc3)cc1COCc1cc(-c3ccncc3)cc(c1O)COCc1cc(-c3ccncc3)cc(c1O)COC2. The number of ether oxygens (including phenoxy) is 3. The minimum atomic E-state index is 0.0632. The van der Waals surface area contributed by atoms with E-state index in [2.05, 4.69) is 15.0 Å². The fourth-order valence-electron chi connectivity index (χ4n) is 5.89. The van der Waals surface area contributed by atoms with Crippen LogP contribution in [0.3, 0.4) is 0 Å². The second-order valence-electron chi connectivity index (χ2n) is 11.6. The number of rotatable bonds is 3. The van der Waals surface area contributed by atoms with E-state index in [1.807, 2.05) is 72.8 Å². The van der Waals surface area contributed by atoms with E-state index in [9.17, 15) is 15.3 Å². The van der Waals surface area contributed by atoms with Gasteiger partial charge >= 0.3 is 0 Å². The van der Waals surface area contributed by atoms with Crippen molar-refractivity contribution in [3.8, 4) is 50.6 Å². The molecule has 0 spiro atoms. The molecule has 0 saturated carbocycles. The molecule has 9 heteroatoms. The molecule has 3 N–H and O–H groups in total. The molecule has 3 aromatic heterocycles. The average molecular weight is 640 g/mol. The molecule has 48 heavy (non-hydrogen) atoms. The van der Waals surface area contributed by atoms with Gasteiger partial charge in [-0.25, -0.2) is 0 Å². The molecule has 1 aliphatic heterocycles. The van der Waals surface area contributed by atoms with Crippen molar-refractivity contribution in [2.24, 2.45) is 0 Å². The molecule has 6 aromatic rings. The first-order chi connectivity index (χ1) is 23.5. The summed E-state index contributed by atoms with van der Waals surface area (Å²) in [6.07, 6.45) is 10.3. The lowest BCUT2D eigenvalue weighted by Crippen LogP contribution is -2.04. The van der Waals surface area contributed by atoms with Crippen LogP contribution in [0.15, 0.2) is 110 Å². The van der Waals surface area contributed by atoms with E-state index >= 15 is 0 Å². The summed E-state index contributed by atoms with van der Waals surface area (Å²) in [7, 11) is 0.